The fourth-order valence-electron chi connectivity index (χ4n) is 1.06. The molecule has 1 aromatic carbocycles. The molecule has 3 N–H and O–H groups in total. The minimum Gasteiger partial charge on any atom is -0.271 e. The topological polar surface area (TPSA) is 61.8 Å². The van der Waals surface area contributed by atoms with Crippen molar-refractivity contribution >= 4 is 15.9 Å². The summed E-state index contributed by atoms with van der Waals surface area (Å²) in [5.41, 5.74) is 3.62. The maximum Gasteiger partial charge on any atom is 0.0642 e. The van der Waals surface area contributed by atoms with Crippen molar-refractivity contribution in [2.24, 2.45) is 5.84 Å². The van der Waals surface area contributed by atoms with Crippen molar-refractivity contribution in [1.29, 1.82) is 5.26 Å². The molecule has 1 atom stereocenters. The van der Waals surface area contributed by atoms with Gasteiger partial charge in [-0.15, -0.1) is 0 Å². The van der Waals surface area contributed by atoms with Crippen molar-refractivity contribution in [3.63, 3.8) is 0 Å². The van der Waals surface area contributed by atoms with Gasteiger partial charge in [-0.05, 0) is 17.7 Å². The molecule has 0 aliphatic rings. The van der Waals surface area contributed by atoms with Gasteiger partial charge in [-0.3, -0.25) is 11.3 Å². The first-order chi connectivity index (χ1) is 6.27. The third-order valence-electron chi connectivity index (χ3n) is 1.77. The van der Waals surface area contributed by atoms with E-state index in [1.165, 1.54) is 0 Å². The van der Waals surface area contributed by atoms with Gasteiger partial charge in [0.05, 0.1) is 18.5 Å². The van der Waals surface area contributed by atoms with E-state index < -0.39 is 0 Å². The summed E-state index contributed by atoms with van der Waals surface area (Å²) in [4.78, 5) is 0. The lowest BCUT2D eigenvalue weighted by atomic mass is 10.1. The van der Waals surface area contributed by atoms with Crippen LogP contribution in [-0.4, -0.2) is 0 Å². The van der Waals surface area contributed by atoms with Gasteiger partial charge in [-0.1, -0.05) is 28.1 Å². The van der Waals surface area contributed by atoms with Gasteiger partial charge in [0.2, 0.25) is 0 Å². The third kappa shape index (κ3) is 2.81. The van der Waals surface area contributed by atoms with E-state index in [1.54, 1.807) is 0 Å². The summed E-state index contributed by atoms with van der Waals surface area (Å²) in [5.74, 6) is 5.32. The maximum absolute atomic E-state index is 8.53. The molecule has 1 unspecified atom stereocenters. The summed E-state index contributed by atoms with van der Waals surface area (Å²) in [6.45, 7) is 0. The van der Waals surface area contributed by atoms with Gasteiger partial charge in [0.1, 0.15) is 0 Å². The minimum absolute atomic E-state index is 0.0851. The number of benzene rings is 1. The molecule has 0 aliphatic heterocycles. The molecule has 0 spiro atoms. The second-order valence-corrected chi connectivity index (χ2v) is 3.55. The third-order valence-corrected chi connectivity index (χ3v) is 2.30. The zero-order valence-electron chi connectivity index (χ0n) is 7.00. The van der Waals surface area contributed by atoms with E-state index >= 15 is 0 Å². The summed E-state index contributed by atoms with van der Waals surface area (Å²) < 4.78 is 1.02. The molecule has 0 aromatic heterocycles. The predicted octanol–water partition coefficient (Wildman–Crippen LogP) is 1.87. The molecule has 0 bridgehead atoms. The van der Waals surface area contributed by atoms with Crippen molar-refractivity contribution < 1.29 is 0 Å². The average Bonchev–Trinajstić information content (AvgIpc) is 2.16. The molecule has 4 heteroatoms. The van der Waals surface area contributed by atoms with Crippen LogP contribution >= 0.6 is 15.9 Å². The van der Waals surface area contributed by atoms with Gasteiger partial charge >= 0.3 is 0 Å². The van der Waals surface area contributed by atoms with Crippen LogP contribution < -0.4 is 11.3 Å². The highest BCUT2D eigenvalue weighted by Crippen LogP contribution is 2.18. The first-order valence-electron chi connectivity index (χ1n) is 3.86. The van der Waals surface area contributed by atoms with Crippen molar-refractivity contribution in [1.82, 2.24) is 5.43 Å². The van der Waals surface area contributed by atoms with Crippen LogP contribution in [0.4, 0.5) is 0 Å². The van der Waals surface area contributed by atoms with Gasteiger partial charge in [0, 0.05) is 4.47 Å². The predicted molar refractivity (Wildman–Crippen MR) is 54.4 cm³/mol. The number of nitrogens with one attached hydrogen (secondary N) is 1. The van der Waals surface area contributed by atoms with Crippen LogP contribution in [0.15, 0.2) is 28.7 Å². The highest BCUT2D eigenvalue weighted by molar-refractivity contribution is 9.10. The summed E-state index contributed by atoms with van der Waals surface area (Å²) in [5, 5.41) is 8.53. The van der Waals surface area contributed by atoms with Crippen LogP contribution in [0.2, 0.25) is 0 Å². The van der Waals surface area contributed by atoms with Crippen LogP contribution in [0.1, 0.15) is 18.0 Å². The van der Waals surface area contributed by atoms with Crippen molar-refractivity contribution in [3.8, 4) is 6.07 Å². The van der Waals surface area contributed by atoms with Crippen molar-refractivity contribution in [2.45, 2.75) is 12.5 Å². The number of hydrogen-bond acceptors (Lipinski definition) is 3. The Morgan fingerprint density at radius 3 is 2.54 bits per heavy atom. The molecular formula is C9H10BrN3. The van der Waals surface area contributed by atoms with Crippen LogP contribution in [0.3, 0.4) is 0 Å². The van der Waals surface area contributed by atoms with Gasteiger partial charge < -0.3 is 0 Å². The standard InChI is InChI=1S/C9H10BrN3/c10-8-3-1-7(2-4-8)9(13-12)5-6-11/h1-4,9,13H,5,12H2. The normalized spacial score (nSPS) is 12.1. The lowest BCUT2D eigenvalue weighted by molar-refractivity contribution is 0.565. The van der Waals surface area contributed by atoms with E-state index in [0.29, 0.717) is 6.42 Å². The number of nitrogens with zero attached hydrogens (tertiary/aromatic N) is 1. The lowest BCUT2D eigenvalue weighted by Crippen LogP contribution is -2.27. The van der Waals surface area contributed by atoms with Gasteiger partial charge in [-0.2, -0.15) is 5.26 Å². The maximum atomic E-state index is 8.53. The molecule has 0 saturated heterocycles. The molecule has 0 heterocycles. The zero-order valence-corrected chi connectivity index (χ0v) is 8.58. The van der Waals surface area contributed by atoms with E-state index in [1.807, 2.05) is 24.3 Å². The largest absolute Gasteiger partial charge is 0.271 e. The Hall–Kier alpha value is -0.890. The van der Waals surface area contributed by atoms with Crippen LogP contribution in [-0.2, 0) is 0 Å². The number of halogens is 1. The van der Waals surface area contributed by atoms with E-state index in [4.69, 9.17) is 11.1 Å². The Kier molecular flexibility index (Phi) is 3.90. The Balaban J connectivity index is 2.80. The van der Waals surface area contributed by atoms with Crippen LogP contribution in [0, 0.1) is 11.3 Å². The SMILES string of the molecule is N#CCC(NN)c1ccc(Br)cc1. The molecule has 13 heavy (non-hydrogen) atoms. The Morgan fingerprint density at radius 2 is 2.08 bits per heavy atom. The highest BCUT2D eigenvalue weighted by atomic mass is 79.9. The number of nitriles is 1. The second kappa shape index (κ2) is 4.97. The van der Waals surface area contributed by atoms with Crippen molar-refractivity contribution in [3.05, 3.63) is 34.3 Å². The van der Waals surface area contributed by atoms with Gasteiger partial charge in [0.25, 0.3) is 0 Å². The smallest absolute Gasteiger partial charge is 0.0642 e. The fourth-order valence-corrected chi connectivity index (χ4v) is 1.32. The second-order valence-electron chi connectivity index (χ2n) is 2.63. The summed E-state index contributed by atoms with van der Waals surface area (Å²) in [6.07, 6.45) is 0.373. The molecule has 1 rings (SSSR count). The summed E-state index contributed by atoms with van der Waals surface area (Å²) in [6, 6.07) is 9.72. The zero-order chi connectivity index (χ0) is 9.68. The summed E-state index contributed by atoms with van der Waals surface area (Å²) >= 11 is 3.34. The van der Waals surface area contributed by atoms with Gasteiger partial charge in [0.15, 0.2) is 0 Å². The molecule has 0 aliphatic carbocycles. The molecule has 1 aromatic rings. The Labute approximate surface area is 85.6 Å². The molecule has 0 radical (unpaired) electrons. The number of rotatable bonds is 3. The first kappa shape index (κ1) is 10.2. The number of hydrogen-bond donors (Lipinski definition) is 2. The number of hydrazine groups is 1. The molecular weight excluding hydrogens is 230 g/mol. The van der Waals surface area contributed by atoms with Crippen molar-refractivity contribution in [2.75, 3.05) is 0 Å². The van der Waals surface area contributed by atoms with Crippen LogP contribution in [0.25, 0.3) is 0 Å². The monoisotopic (exact) mass is 239 g/mol. The molecule has 0 fully saturated rings. The lowest BCUT2D eigenvalue weighted by Gasteiger charge is -2.12. The minimum atomic E-state index is -0.0851. The highest BCUT2D eigenvalue weighted by Gasteiger charge is 2.07. The van der Waals surface area contributed by atoms with E-state index in [0.717, 1.165) is 10.0 Å². The van der Waals surface area contributed by atoms with E-state index in [-0.39, 0.29) is 6.04 Å². The fraction of sp³-hybridized carbons (Fsp3) is 0.222. The Bertz CT molecular complexity index is 302. The summed E-state index contributed by atoms with van der Waals surface area (Å²) in [7, 11) is 0. The molecule has 3 nitrogen and oxygen atoms in total. The van der Waals surface area contributed by atoms with Crippen LogP contribution in [0.5, 0.6) is 0 Å². The Morgan fingerprint density at radius 1 is 1.46 bits per heavy atom. The molecule has 0 saturated carbocycles. The molecule has 0 amide bonds. The van der Waals surface area contributed by atoms with Gasteiger partial charge in [-0.25, -0.2) is 0 Å². The van der Waals surface area contributed by atoms with E-state index in [2.05, 4.69) is 27.4 Å². The molecule has 68 valence electrons. The number of nitrogens with two attached hydrogens (primary N) is 1. The van der Waals surface area contributed by atoms with E-state index in [9.17, 15) is 0 Å². The average molecular weight is 240 g/mol. The quantitative estimate of drug-likeness (QED) is 0.626. The first-order valence-corrected chi connectivity index (χ1v) is 4.65.